The van der Waals surface area contributed by atoms with Crippen molar-refractivity contribution in [3.8, 4) is 17.0 Å². The Morgan fingerprint density at radius 1 is 0.974 bits per heavy atom. The predicted molar refractivity (Wildman–Crippen MR) is 156 cm³/mol. The number of fused-ring (bicyclic) bond motifs is 1. The monoisotopic (exact) mass is 509 g/mol. The highest BCUT2D eigenvalue weighted by molar-refractivity contribution is 5.94. The second-order valence-electron chi connectivity index (χ2n) is 11.1. The van der Waals surface area contributed by atoms with Crippen LogP contribution < -0.4 is 10.1 Å². The maximum Gasteiger partial charge on any atom is 0.232 e. The van der Waals surface area contributed by atoms with Gasteiger partial charge in [0, 0.05) is 36.2 Å². The van der Waals surface area contributed by atoms with E-state index < -0.39 is 5.41 Å². The van der Waals surface area contributed by atoms with Gasteiger partial charge in [0.25, 0.3) is 0 Å². The molecule has 5 rings (SSSR count). The summed E-state index contributed by atoms with van der Waals surface area (Å²) in [5.74, 6) is 1.08. The van der Waals surface area contributed by atoms with E-state index in [1.807, 2.05) is 35.2 Å². The number of hydrogen-bond acceptors (Lipinski definition) is 3. The first-order valence-electron chi connectivity index (χ1n) is 13.7. The molecule has 5 heteroatoms. The lowest BCUT2D eigenvalue weighted by Gasteiger charge is -2.29. The van der Waals surface area contributed by atoms with Gasteiger partial charge in [-0.15, -0.1) is 0 Å². The SMILES string of the molecule is Cc1cc(C)cc(-c2[nH]c3ccc(C(C)(C)C(=O)N4CCCC4)cc3c2CCNCOc2ccccc2)c1. The Balaban J connectivity index is 1.45. The third kappa shape index (κ3) is 5.48. The molecule has 1 amide bonds. The van der Waals surface area contributed by atoms with Crippen LogP contribution in [0.1, 0.15) is 48.9 Å². The normalized spacial score (nSPS) is 13.8. The minimum absolute atomic E-state index is 0.223. The number of carbonyl (C=O) groups excluding carboxylic acids is 1. The second kappa shape index (κ2) is 11.0. The summed E-state index contributed by atoms with van der Waals surface area (Å²) in [4.78, 5) is 19.2. The molecule has 0 spiro atoms. The van der Waals surface area contributed by atoms with Gasteiger partial charge in [0.15, 0.2) is 0 Å². The molecule has 0 saturated carbocycles. The van der Waals surface area contributed by atoms with Crippen molar-refractivity contribution in [3.63, 3.8) is 0 Å². The molecule has 0 radical (unpaired) electrons. The molecule has 4 aromatic rings. The molecule has 3 aromatic carbocycles. The molecule has 0 aliphatic carbocycles. The van der Waals surface area contributed by atoms with Gasteiger partial charge in [-0.05, 0) is 100 Å². The van der Waals surface area contributed by atoms with E-state index in [0.717, 1.165) is 61.4 Å². The van der Waals surface area contributed by atoms with Crippen LogP contribution in [0.15, 0.2) is 66.7 Å². The van der Waals surface area contributed by atoms with Crippen molar-refractivity contribution >= 4 is 16.8 Å². The zero-order valence-electron chi connectivity index (χ0n) is 23.1. The Labute approximate surface area is 226 Å². The van der Waals surface area contributed by atoms with Gasteiger partial charge < -0.3 is 14.6 Å². The van der Waals surface area contributed by atoms with Crippen molar-refractivity contribution in [1.29, 1.82) is 0 Å². The molecule has 1 aromatic heterocycles. The summed E-state index contributed by atoms with van der Waals surface area (Å²) in [6, 6.07) is 23.1. The van der Waals surface area contributed by atoms with Crippen molar-refractivity contribution in [2.75, 3.05) is 26.4 Å². The number of nitrogens with one attached hydrogen (secondary N) is 2. The van der Waals surface area contributed by atoms with Crippen LogP contribution in [0.4, 0.5) is 0 Å². The van der Waals surface area contributed by atoms with Crippen LogP contribution in [-0.2, 0) is 16.6 Å². The summed E-state index contributed by atoms with van der Waals surface area (Å²) in [5.41, 5.74) is 7.70. The van der Waals surface area contributed by atoms with E-state index in [1.54, 1.807) is 0 Å². The molecule has 1 aliphatic rings. The summed E-state index contributed by atoms with van der Waals surface area (Å²) >= 11 is 0. The molecule has 198 valence electrons. The van der Waals surface area contributed by atoms with Crippen molar-refractivity contribution in [1.82, 2.24) is 15.2 Å². The van der Waals surface area contributed by atoms with Crippen LogP contribution in [-0.4, -0.2) is 42.2 Å². The highest BCUT2D eigenvalue weighted by Crippen LogP contribution is 2.36. The van der Waals surface area contributed by atoms with E-state index in [9.17, 15) is 4.79 Å². The van der Waals surface area contributed by atoms with Crippen molar-refractivity contribution in [2.45, 2.75) is 52.4 Å². The second-order valence-corrected chi connectivity index (χ2v) is 11.1. The van der Waals surface area contributed by atoms with Gasteiger partial charge in [0.05, 0.1) is 5.41 Å². The van der Waals surface area contributed by atoms with Crippen LogP contribution in [0.5, 0.6) is 5.75 Å². The molecular weight excluding hydrogens is 470 g/mol. The quantitative estimate of drug-likeness (QED) is 0.199. The van der Waals surface area contributed by atoms with E-state index in [0.29, 0.717) is 6.73 Å². The molecule has 38 heavy (non-hydrogen) atoms. The largest absolute Gasteiger partial charge is 0.478 e. The van der Waals surface area contributed by atoms with Crippen LogP contribution in [0.2, 0.25) is 0 Å². The average molecular weight is 510 g/mol. The zero-order valence-corrected chi connectivity index (χ0v) is 23.1. The van der Waals surface area contributed by atoms with Crippen LogP contribution >= 0.6 is 0 Å². The van der Waals surface area contributed by atoms with E-state index >= 15 is 0 Å². The van der Waals surface area contributed by atoms with Gasteiger partial charge in [0.2, 0.25) is 5.91 Å². The minimum atomic E-state index is -0.574. The molecule has 0 atom stereocenters. The number of aryl methyl sites for hydroxylation is 2. The number of hydrogen-bond donors (Lipinski definition) is 2. The zero-order chi connectivity index (χ0) is 26.7. The molecule has 5 nitrogen and oxygen atoms in total. The Bertz CT molecular complexity index is 1390. The Morgan fingerprint density at radius 2 is 1.68 bits per heavy atom. The van der Waals surface area contributed by atoms with Crippen LogP contribution in [0, 0.1) is 13.8 Å². The third-order valence-electron chi connectivity index (χ3n) is 7.70. The minimum Gasteiger partial charge on any atom is -0.478 e. The number of aromatic nitrogens is 1. The lowest BCUT2D eigenvalue weighted by molar-refractivity contribution is -0.135. The maximum atomic E-state index is 13.4. The summed E-state index contributed by atoms with van der Waals surface area (Å²) in [7, 11) is 0. The first-order valence-corrected chi connectivity index (χ1v) is 13.7. The summed E-state index contributed by atoms with van der Waals surface area (Å²) < 4.78 is 5.84. The van der Waals surface area contributed by atoms with Gasteiger partial charge >= 0.3 is 0 Å². The number of aromatic amines is 1. The van der Waals surface area contributed by atoms with E-state index in [-0.39, 0.29) is 5.91 Å². The number of H-pyrrole nitrogens is 1. The highest BCUT2D eigenvalue weighted by atomic mass is 16.5. The number of amides is 1. The predicted octanol–water partition coefficient (Wildman–Crippen LogP) is 6.52. The Kier molecular flexibility index (Phi) is 7.57. The molecule has 0 bridgehead atoms. The van der Waals surface area contributed by atoms with E-state index in [2.05, 4.69) is 74.4 Å². The van der Waals surface area contributed by atoms with E-state index in [1.165, 1.54) is 27.6 Å². The average Bonchev–Trinajstić information content (AvgIpc) is 3.56. The van der Waals surface area contributed by atoms with Gasteiger partial charge in [-0.1, -0.05) is 41.5 Å². The van der Waals surface area contributed by atoms with E-state index in [4.69, 9.17) is 4.74 Å². The first kappa shape index (κ1) is 26.1. The van der Waals surface area contributed by atoms with Crippen molar-refractivity contribution < 1.29 is 9.53 Å². The summed E-state index contributed by atoms with van der Waals surface area (Å²) in [6.07, 6.45) is 3.04. The molecule has 1 aliphatic heterocycles. The fraction of sp³-hybridized carbons (Fsp3) is 0.364. The third-order valence-corrected chi connectivity index (χ3v) is 7.70. The fourth-order valence-electron chi connectivity index (χ4n) is 5.64. The van der Waals surface area contributed by atoms with Gasteiger partial charge in [-0.25, -0.2) is 0 Å². The maximum absolute atomic E-state index is 13.4. The number of ether oxygens (including phenoxy) is 1. The van der Waals surface area contributed by atoms with Gasteiger partial charge in [-0.3, -0.25) is 10.1 Å². The topological polar surface area (TPSA) is 57.4 Å². The number of benzene rings is 3. The molecule has 2 N–H and O–H groups in total. The number of likely N-dealkylation sites (tertiary alicyclic amines) is 1. The number of nitrogens with zero attached hydrogens (tertiary/aromatic N) is 1. The summed E-state index contributed by atoms with van der Waals surface area (Å²) in [5, 5.41) is 4.63. The van der Waals surface area contributed by atoms with Crippen LogP contribution in [0.25, 0.3) is 22.2 Å². The number of para-hydroxylation sites is 1. The molecular formula is C33H39N3O2. The molecule has 0 unspecified atom stereocenters. The standard InChI is InChI=1S/C33H39N3O2/c1-23-18-24(2)20-25(19-23)31-28(14-15-34-22-38-27-10-6-5-7-11-27)29-21-26(12-13-30(29)35-31)33(3,4)32(37)36-16-8-9-17-36/h5-7,10-13,18-21,34-35H,8-9,14-17,22H2,1-4H3. The number of carbonyl (C=O) groups is 1. The first-order chi connectivity index (χ1) is 18.3. The van der Waals surface area contributed by atoms with Crippen LogP contribution in [0.3, 0.4) is 0 Å². The molecule has 2 heterocycles. The van der Waals surface area contributed by atoms with Crippen molar-refractivity contribution in [3.05, 3.63) is 89.0 Å². The van der Waals surface area contributed by atoms with Crippen molar-refractivity contribution in [2.24, 2.45) is 0 Å². The lowest BCUT2D eigenvalue weighted by atomic mass is 9.82. The van der Waals surface area contributed by atoms with Gasteiger partial charge in [0.1, 0.15) is 12.5 Å². The molecule has 1 saturated heterocycles. The highest BCUT2D eigenvalue weighted by Gasteiger charge is 2.35. The Hall–Kier alpha value is -3.57. The smallest absolute Gasteiger partial charge is 0.232 e. The molecule has 1 fully saturated rings. The fourth-order valence-corrected chi connectivity index (χ4v) is 5.64. The number of rotatable bonds is 9. The summed E-state index contributed by atoms with van der Waals surface area (Å²) in [6.45, 7) is 11.4. The lowest BCUT2D eigenvalue weighted by Crippen LogP contribution is -2.41. The van der Waals surface area contributed by atoms with Gasteiger partial charge in [-0.2, -0.15) is 0 Å². The Morgan fingerprint density at radius 3 is 2.39 bits per heavy atom.